The van der Waals surface area contributed by atoms with E-state index in [0.29, 0.717) is 32.1 Å². The van der Waals surface area contributed by atoms with Crippen molar-refractivity contribution in [2.45, 2.75) is 12.3 Å². The van der Waals surface area contributed by atoms with Crippen molar-refractivity contribution >= 4 is 17.7 Å². The molecule has 1 aromatic rings. The monoisotopic (exact) mass is 311 g/mol. The number of benzene rings is 1. The van der Waals surface area contributed by atoms with Crippen molar-refractivity contribution < 1.29 is 19.4 Å². The van der Waals surface area contributed by atoms with E-state index >= 15 is 0 Å². The minimum Gasteiger partial charge on any atom is -0.493 e. The quantitative estimate of drug-likeness (QED) is 0.740. The molecule has 0 aliphatic carbocycles. The third-order valence-electron chi connectivity index (χ3n) is 3.17. The fourth-order valence-electron chi connectivity index (χ4n) is 2.25. The van der Waals surface area contributed by atoms with Gasteiger partial charge in [-0.15, -0.1) is 11.8 Å². The SMILES string of the molecule is CCOc1ccccc1C1SCC(=O)N1CCOCCO. The van der Waals surface area contributed by atoms with E-state index in [1.54, 1.807) is 11.8 Å². The summed E-state index contributed by atoms with van der Waals surface area (Å²) < 4.78 is 10.9. The predicted octanol–water partition coefficient (Wildman–Crippen LogP) is 1.67. The summed E-state index contributed by atoms with van der Waals surface area (Å²) in [6.07, 6.45) is 0. The van der Waals surface area contributed by atoms with E-state index < -0.39 is 0 Å². The van der Waals surface area contributed by atoms with Crippen LogP contribution in [0.1, 0.15) is 17.9 Å². The number of para-hydroxylation sites is 1. The Hall–Kier alpha value is -1.24. The molecular formula is C15H21NO4S. The molecule has 1 N–H and O–H groups in total. The van der Waals surface area contributed by atoms with Gasteiger partial charge in [0.2, 0.25) is 5.91 Å². The highest BCUT2D eigenvalue weighted by Crippen LogP contribution is 2.42. The molecule has 1 fully saturated rings. The van der Waals surface area contributed by atoms with E-state index in [1.165, 1.54) is 0 Å². The van der Waals surface area contributed by atoms with Crippen LogP contribution in [0.5, 0.6) is 5.75 Å². The summed E-state index contributed by atoms with van der Waals surface area (Å²) in [5, 5.41) is 8.68. The Bertz CT molecular complexity index is 469. The van der Waals surface area contributed by atoms with Crippen LogP contribution in [0.4, 0.5) is 0 Å². The van der Waals surface area contributed by atoms with Crippen LogP contribution in [-0.2, 0) is 9.53 Å². The minimum atomic E-state index is -0.0297. The summed E-state index contributed by atoms with van der Waals surface area (Å²) >= 11 is 1.61. The van der Waals surface area contributed by atoms with E-state index in [9.17, 15) is 4.79 Å². The first kappa shape index (κ1) is 16.1. The molecule has 1 aliphatic heterocycles. The van der Waals surface area contributed by atoms with Crippen LogP contribution in [-0.4, -0.2) is 54.6 Å². The van der Waals surface area contributed by atoms with Gasteiger partial charge in [0.05, 0.1) is 32.2 Å². The first-order valence-corrected chi connectivity index (χ1v) is 8.14. The lowest BCUT2D eigenvalue weighted by Crippen LogP contribution is -2.32. The fourth-order valence-corrected chi connectivity index (χ4v) is 3.50. The van der Waals surface area contributed by atoms with Crippen LogP contribution in [0.3, 0.4) is 0 Å². The van der Waals surface area contributed by atoms with Gasteiger partial charge in [0.25, 0.3) is 0 Å². The molecule has 1 heterocycles. The molecule has 2 rings (SSSR count). The van der Waals surface area contributed by atoms with Gasteiger partial charge in [0.15, 0.2) is 0 Å². The Morgan fingerprint density at radius 1 is 1.38 bits per heavy atom. The van der Waals surface area contributed by atoms with Gasteiger partial charge in [-0.2, -0.15) is 0 Å². The molecule has 1 unspecified atom stereocenters. The Kier molecular flexibility index (Phi) is 6.35. The van der Waals surface area contributed by atoms with Crippen LogP contribution < -0.4 is 4.74 Å². The van der Waals surface area contributed by atoms with Crippen molar-refractivity contribution in [3.8, 4) is 5.75 Å². The second kappa shape index (κ2) is 8.26. The second-order valence-corrected chi connectivity index (χ2v) is 5.63. The number of carbonyl (C=O) groups is 1. The number of carbonyl (C=O) groups excluding carboxylic acids is 1. The zero-order valence-electron chi connectivity index (χ0n) is 12.2. The molecule has 0 aromatic heterocycles. The highest BCUT2D eigenvalue weighted by Gasteiger charge is 2.34. The topological polar surface area (TPSA) is 59.0 Å². The largest absolute Gasteiger partial charge is 0.493 e. The summed E-state index contributed by atoms with van der Waals surface area (Å²) in [6.45, 7) is 3.80. The maximum absolute atomic E-state index is 12.1. The average molecular weight is 311 g/mol. The van der Waals surface area contributed by atoms with Crippen LogP contribution in [0.25, 0.3) is 0 Å². The molecular weight excluding hydrogens is 290 g/mol. The minimum absolute atomic E-state index is 0.000696. The Morgan fingerprint density at radius 3 is 2.95 bits per heavy atom. The van der Waals surface area contributed by atoms with E-state index in [-0.39, 0.29) is 17.9 Å². The van der Waals surface area contributed by atoms with Crippen molar-refractivity contribution in [1.29, 1.82) is 0 Å². The number of rotatable bonds is 8. The van der Waals surface area contributed by atoms with Gasteiger partial charge in [-0.1, -0.05) is 18.2 Å². The Labute approximate surface area is 129 Å². The van der Waals surface area contributed by atoms with Crippen LogP contribution >= 0.6 is 11.8 Å². The van der Waals surface area contributed by atoms with E-state index in [2.05, 4.69) is 0 Å². The lowest BCUT2D eigenvalue weighted by Gasteiger charge is -2.25. The molecule has 1 atom stereocenters. The number of hydrogen-bond donors (Lipinski definition) is 1. The van der Waals surface area contributed by atoms with Crippen LogP contribution in [0.2, 0.25) is 0 Å². The number of amides is 1. The molecule has 21 heavy (non-hydrogen) atoms. The molecule has 116 valence electrons. The molecule has 0 bridgehead atoms. The van der Waals surface area contributed by atoms with Crippen LogP contribution in [0, 0.1) is 0 Å². The third kappa shape index (κ3) is 4.12. The van der Waals surface area contributed by atoms with Gasteiger partial charge in [0, 0.05) is 12.1 Å². The molecule has 0 spiro atoms. The number of nitrogens with zero attached hydrogens (tertiary/aromatic N) is 1. The zero-order chi connectivity index (χ0) is 15.1. The molecule has 0 radical (unpaired) electrons. The second-order valence-electron chi connectivity index (χ2n) is 4.56. The van der Waals surface area contributed by atoms with Crippen molar-refractivity contribution in [3.63, 3.8) is 0 Å². The molecule has 6 heteroatoms. The summed E-state index contributed by atoms with van der Waals surface area (Å²) in [5.74, 6) is 1.42. The summed E-state index contributed by atoms with van der Waals surface area (Å²) in [4.78, 5) is 13.9. The number of aliphatic hydroxyl groups is 1. The van der Waals surface area contributed by atoms with Gasteiger partial charge in [-0.05, 0) is 13.0 Å². The number of ether oxygens (including phenoxy) is 2. The first-order valence-electron chi connectivity index (χ1n) is 7.09. The maximum atomic E-state index is 12.1. The highest BCUT2D eigenvalue weighted by atomic mass is 32.2. The van der Waals surface area contributed by atoms with Crippen molar-refractivity contribution in [3.05, 3.63) is 29.8 Å². The summed E-state index contributed by atoms with van der Waals surface area (Å²) in [5.41, 5.74) is 1.03. The van der Waals surface area contributed by atoms with Gasteiger partial charge < -0.3 is 19.5 Å². The third-order valence-corrected chi connectivity index (χ3v) is 4.40. The lowest BCUT2D eigenvalue weighted by molar-refractivity contribution is -0.128. The fraction of sp³-hybridized carbons (Fsp3) is 0.533. The number of aliphatic hydroxyl groups excluding tert-OH is 1. The van der Waals surface area contributed by atoms with Gasteiger partial charge in [-0.25, -0.2) is 0 Å². The van der Waals surface area contributed by atoms with Crippen molar-refractivity contribution in [1.82, 2.24) is 4.90 Å². The predicted molar refractivity (Wildman–Crippen MR) is 82.4 cm³/mol. The van der Waals surface area contributed by atoms with E-state index in [0.717, 1.165) is 11.3 Å². The number of hydrogen-bond acceptors (Lipinski definition) is 5. The van der Waals surface area contributed by atoms with E-state index in [4.69, 9.17) is 14.6 Å². The van der Waals surface area contributed by atoms with Gasteiger partial charge in [-0.3, -0.25) is 4.79 Å². The Balaban J connectivity index is 2.08. The van der Waals surface area contributed by atoms with Crippen LogP contribution in [0.15, 0.2) is 24.3 Å². The van der Waals surface area contributed by atoms with Gasteiger partial charge >= 0.3 is 0 Å². The lowest BCUT2D eigenvalue weighted by atomic mass is 10.2. The van der Waals surface area contributed by atoms with Gasteiger partial charge in [0.1, 0.15) is 11.1 Å². The highest BCUT2D eigenvalue weighted by molar-refractivity contribution is 8.00. The van der Waals surface area contributed by atoms with Crippen molar-refractivity contribution in [2.75, 3.05) is 38.7 Å². The average Bonchev–Trinajstić information content (AvgIpc) is 2.86. The first-order chi connectivity index (χ1) is 10.3. The van der Waals surface area contributed by atoms with E-state index in [1.807, 2.05) is 36.1 Å². The Morgan fingerprint density at radius 2 is 2.19 bits per heavy atom. The normalized spacial score (nSPS) is 18.3. The smallest absolute Gasteiger partial charge is 0.233 e. The maximum Gasteiger partial charge on any atom is 0.233 e. The molecule has 1 aromatic carbocycles. The van der Waals surface area contributed by atoms with Crippen molar-refractivity contribution in [2.24, 2.45) is 0 Å². The zero-order valence-corrected chi connectivity index (χ0v) is 13.0. The number of thioether (sulfide) groups is 1. The molecule has 1 amide bonds. The molecule has 0 saturated carbocycles. The standard InChI is InChI=1S/C15H21NO4S/c1-2-20-13-6-4-3-5-12(13)15-16(14(18)11-21-15)7-9-19-10-8-17/h3-6,15,17H,2,7-11H2,1H3. The molecule has 1 saturated heterocycles. The summed E-state index contributed by atoms with van der Waals surface area (Å²) in [6, 6.07) is 7.83. The molecule has 1 aliphatic rings. The molecule has 5 nitrogen and oxygen atoms in total. The summed E-state index contributed by atoms with van der Waals surface area (Å²) in [7, 11) is 0.